The molecule has 3 atom stereocenters. The topological polar surface area (TPSA) is 67.5 Å². The van der Waals surface area contributed by atoms with Crippen molar-refractivity contribution in [2.45, 2.75) is 52.1 Å². The lowest BCUT2D eigenvalue weighted by atomic mass is 9.60. The maximum absolute atomic E-state index is 9.43. The van der Waals surface area contributed by atoms with E-state index in [-0.39, 0.29) is 28.1 Å². The minimum atomic E-state index is -0.385. The van der Waals surface area contributed by atoms with Crippen LogP contribution in [0.2, 0.25) is 0 Å². The van der Waals surface area contributed by atoms with E-state index in [0.717, 1.165) is 19.3 Å². The van der Waals surface area contributed by atoms with E-state index in [9.17, 15) is 5.11 Å². The lowest BCUT2D eigenvalue weighted by Crippen LogP contribution is -2.55. The van der Waals surface area contributed by atoms with Crippen LogP contribution in [-0.2, 0) is 0 Å². The zero-order valence-corrected chi connectivity index (χ0v) is 16.0. The Morgan fingerprint density at radius 3 is 2.46 bits per heavy atom. The van der Waals surface area contributed by atoms with Crippen LogP contribution in [0.15, 0.2) is 30.3 Å². The highest BCUT2D eigenvalue weighted by Gasteiger charge is 2.46. The molecule has 4 nitrogen and oxygen atoms in total. The average Bonchev–Trinajstić information content (AvgIpc) is 2.44. The van der Waals surface area contributed by atoms with Crippen LogP contribution < -0.4 is 15.8 Å². The Morgan fingerprint density at radius 1 is 1.25 bits per heavy atom. The van der Waals surface area contributed by atoms with Gasteiger partial charge in [0.25, 0.3) is 5.17 Å². The molecule has 1 aliphatic carbocycles. The van der Waals surface area contributed by atoms with Gasteiger partial charge in [0.1, 0.15) is 5.75 Å². The third kappa shape index (κ3) is 4.88. The summed E-state index contributed by atoms with van der Waals surface area (Å²) in [5, 5.41) is 12.6. The molecule has 1 saturated carbocycles. The summed E-state index contributed by atoms with van der Waals surface area (Å²) in [6.07, 6.45) is 2.62. The van der Waals surface area contributed by atoms with Crippen molar-refractivity contribution in [2.24, 2.45) is 16.6 Å². The van der Waals surface area contributed by atoms with Crippen molar-refractivity contribution >= 4 is 34.7 Å². The molecule has 0 saturated heterocycles. The SMILES string of the molecule is CC1(C)CC(NC(O)=S)CC(C)(C(N)C(=S)Oc2ccccc2)C1. The van der Waals surface area contributed by atoms with Crippen LogP contribution in [0.4, 0.5) is 0 Å². The maximum Gasteiger partial charge on any atom is 0.254 e. The minimum Gasteiger partial charge on any atom is -0.487 e. The van der Waals surface area contributed by atoms with Crippen LogP contribution >= 0.6 is 24.4 Å². The van der Waals surface area contributed by atoms with Crippen LogP contribution in [0.25, 0.3) is 0 Å². The number of hydrogen-bond donors (Lipinski definition) is 3. The van der Waals surface area contributed by atoms with Crippen molar-refractivity contribution in [1.82, 2.24) is 5.32 Å². The van der Waals surface area contributed by atoms with Crippen molar-refractivity contribution in [2.75, 3.05) is 0 Å². The quantitative estimate of drug-likeness (QED) is 0.706. The maximum atomic E-state index is 9.43. The minimum absolute atomic E-state index is 0.0649. The summed E-state index contributed by atoms with van der Waals surface area (Å²) in [6.45, 7) is 6.54. The molecule has 0 bridgehead atoms. The molecule has 4 N–H and O–H groups in total. The second kappa shape index (κ2) is 7.33. The largest absolute Gasteiger partial charge is 0.487 e. The summed E-state index contributed by atoms with van der Waals surface area (Å²) in [5.41, 5.74) is 6.32. The molecule has 0 spiro atoms. The van der Waals surface area contributed by atoms with E-state index in [1.807, 2.05) is 30.3 Å². The van der Waals surface area contributed by atoms with Gasteiger partial charge in [-0.25, -0.2) is 0 Å². The number of nitrogens with one attached hydrogen (secondary N) is 1. The Bertz CT molecular complexity index is 606. The van der Waals surface area contributed by atoms with Crippen molar-refractivity contribution in [3.63, 3.8) is 0 Å². The van der Waals surface area contributed by atoms with Gasteiger partial charge < -0.3 is 20.9 Å². The third-order valence-corrected chi connectivity index (χ3v) is 5.14. The first-order chi connectivity index (χ1) is 11.1. The van der Waals surface area contributed by atoms with E-state index < -0.39 is 0 Å². The van der Waals surface area contributed by atoms with Gasteiger partial charge in [-0.3, -0.25) is 0 Å². The monoisotopic (exact) mass is 366 g/mol. The molecule has 0 aromatic heterocycles. The summed E-state index contributed by atoms with van der Waals surface area (Å²) >= 11 is 10.3. The number of rotatable bonds is 4. The molecule has 1 aromatic rings. The molecule has 6 heteroatoms. The van der Waals surface area contributed by atoms with Gasteiger partial charge in [0.15, 0.2) is 5.05 Å². The highest BCUT2D eigenvalue weighted by atomic mass is 32.1. The molecule has 2 rings (SSSR count). The molecule has 0 radical (unpaired) electrons. The standard InChI is InChI=1S/C18H26N2O2S2/c1-17(2)9-12(20-16(21)24)10-18(3,11-17)14(19)15(23)22-13-7-5-4-6-8-13/h4-8,12,14H,9-11,19H2,1-3H3,(H2,20,21,24). The van der Waals surface area contributed by atoms with Crippen molar-refractivity contribution in [1.29, 1.82) is 0 Å². The summed E-state index contributed by atoms with van der Waals surface area (Å²) in [6, 6.07) is 9.13. The molecule has 0 aliphatic heterocycles. The van der Waals surface area contributed by atoms with Gasteiger partial charge in [0.05, 0.1) is 6.04 Å². The van der Waals surface area contributed by atoms with Crippen LogP contribution in [0, 0.1) is 10.8 Å². The Hall–Kier alpha value is -1.24. The number of aliphatic hydroxyl groups excluding tert-OH is 1. The van der Waals surface area contributed by atoms with Gasteiger partial charge in [-0.1, -0.05) is 39.0 Å². The molecule has 1 fully saturated rings. The summed E-state index contributed by atoms with van der Waals surface area (Å²) in [7, 11) is 0. The van der Waals surface area contributed by atoms with E-state index in [4.69, 9.17) is 34.9 Å². The first-order valence-electron chi connectivity index (χ1n) is 8.13. The zero-order valence-electron chi connectivity index (χ0n) is 14.4. The molecule has 24 heavy (non-hydrogen) atoms. The van der Waals surface area contributed by atoms with Crippen molar-refractivity contribution in [3.8, 4) is 5.75 Å². The van der Waals surface area contributed by atoms with Gasteiger partial charge >= 0.3 is 0 Å². The van der Waals surface area contributed by atoms with Gasteiger partial charge in [-0.05, 0) is 66.7 Å². The smallest absolute Gasteiger partial charge is 0.254 e. The Kier molecular flexibility index (Phi) is 5.83. The number of benzene rings is 1. The molecule has 132 valence electrons. The van der Waals surface area contributed by atoms with E-state index >= 15 is 0 Å². The Labute approximate surface area is 154 Å². The number of para-hydroxylation sites is 1. The van der Waals surface area contributed by atoms with Crippen LogP contribution in [0.5, 0.6) is 5.75 Å². The fourth-order valence-corrected chi connectivity index (χ4v) is 4.55. The van der Waals surface area contributed by atoms with E-state index in [1.165, 1.54) is 0 Å². The average molecular weight is 367 g/mol. The van der Waals surface area contributed by atoms with Crippen LogP contribution in [-0.4, -0.2) is 27.4 Å². The zero-order chi connectivity index (χ0) is 18.0. The number of ether oxygens (including phenoxy) is 1. The first kappa shape index (κ1) is 19.1. The highest BCUT2D eigenvalue weighted by molar-refractivity contribution is 7.80. The molecular formula is C18H26N2O2S2. The van der Waals surface area contributed by atoms with Crippen molar-refractivity contribution in [3.05, 3.63) is 30.3 Å². The van der Waals surface area contributed by atoms with Gasteiger partial charge in [-0.15, -0.1) is 0 Å². The summed E-state index contributed by atoms with van der Waals surface area (Å²) in [5.74, 6) is 0.697. The Morgan fingerprint density at radius 2 is 1.88 bits per heavy atom. The fraction of sp³-hybridized carbons (Fsp3) is 0.556. The van der Waals surface area contributed by atoms with E-state index in [1.54, 1.807) is 0 Å². The van der Waals surface area contributed by atoms with Crippen LogP contribution in [0.3, 0.4) is 0 Å². The Balaban J connectivity index is 2.13. The molecule has 3 unspecified atom stereocenters. The van der Waals surface area contributed by atoms with E-state index in [2.05, 4.69) is 26.1 Å². The van der Waals surface area contributed by atoms with Gasteiger partial charge in [0, 0.05) is 6.04 Å². The van der Waals surface area contributed by atoms with Crippen molar-refractivity contribution < 1.29 is 9.84 Å². The van der Waals surface area contributed by atoms with Gasteiger partial charge in [0.2, 0.25) is 0 Å². The molecule has 1 aliphatic rings. The molecule has 0 heterocycles. The second-order valence-electron chi connectivity index (χ2n) is 7.76. The summed E-state index contributed by atoms with van der Waals surface area (Å²) < 4.78 is 5.79. The second-order valence-corrected chi connectivity index (χ2v) is 8.55. The number of thiocarbonyl (C=S) groups is 2. The van der Waals surface area contributed by atoms with Crippen LogP contribution in [0.1, 0.15) is 40.0 Å². The fourth-order valence-electron chi connectivity index (χ4n) is 4.01. The predicted molar refractivity (Wildman–Crippen MR) is 106 cm³/mol. The lowest BCUT2D eigenvalue weighted by molar-refractivity contribution is 0.0678. The summed E-state index contributed by atoms with van der Waals surface area (Å²) in [4.78, 5) is 0. The van der Waals surface area contributed by atoms with E-state index in [0.29, 0.717) is 10.8 Å². The third-order valence-electron chi connectivity index (χ3n) is 4.69. The lowest BCUT2D eigenvalue weighted by Gasteiger charge is -2.49. The number of nitrogens with two attached hydrogens (primary N) is 1. The molecule has 1 aromatic carbocycles. The number of hydrogen-bond acceptors (Lipinski definition) is 4. The highest BCUT2D eigenvalue weighted by Crippen LogP contribution is 2.47. The predicted octanol–water partition coefficient (Wildman–Crippen LogP) is 3.74. The first-order valence-corrected chi connectivity index (χ1v) is 8.95. The molecule has 0 amide bonds. The number of aliphatic hydroxyl groups is 1. The van der Waals surface area contributed by atoms with Gasteiger partial charge in [-0.2, -0.15) is 0 Å². The molecular weight excluding hydrogens is 340 g/mol. The normalized spacial score (nSPS) is 27.1.